The van der Waals surface area contributed by atoms with Crippen LogP contribution in [0.4, 0.5) is 0 Å². The van der Waals surface area contributed by atoms with Gasteiger partial charge in [0.1, 0.15) is 11.0 Å². The minimum Gasteiger partial charge on any atom is -0.465 e. The predicted molar refractivity (Wildman–Crippen MR) is 73.2 cm³/mol. The predicted octanol–water partition coefficient (Wildman–Crippen LogP) is 2.57. The lowest BCUT2D eigenvalue weighted by Gasteiger charge is -2.24. The van der Waals surface area contributed by atoms with Crippen molar-refractivity contribution in [2.75, 3.05) is 13.2 Å². The summed E-state index contributed by atoms with van der Waals surface area (Å²) < 4.78 is 16.0. The zero-order valence-electron chi connectivity index (χ0n) is 13.1. The number of rotatable bonds is 7. The van der Waals surface area contributed by atoms with Crippen LogP contribution in [0, 0.1) is 0 Å². The van der Waals surface area contributed by atoms with Gasteiger partial charge in [0.05, 0.1) is 6.61 Å². The van der Waals surface area contributed by atoms with E-state index in [1.807, 2.05) is 20.8 Å². The highest BCUT2D eigenvalue weighted by atomic mass is 16.5. The molecule has 1 atom stereocenters. The lowest BCUT2D eigenvalue weighted by atomic mass is 9.93. The summed E-state index contributed by atoms with van der Waals surface area (Å²) >= 11 is 0. The van der Waals surface area contributed by atoms with Crippen LogP contribution in [0.25, 0.3) is 0 Å². The highest BCUT2D eigenvalue weighted by Crippen LogP contribution is 2.30. The van der Waals surface area contributed by atoms with Gasteiger partial charge in [-0.25, -0.2) is 0 Å². The van der Waals surface area contributed by atoms with E-state index in [1.165, 1.54) is 0 Å². The van der Waals surface area contributed by atoms with Crippen LogP contribution in [0.3, 0.4) is 0 Å². The number of esters is 1. The van der Waals surface area contributed by atoms with Crippen molar-refractivity contribution in [2.45, 2.75) is 59.0 Å². The molecule has 0 fully saturated rings. The molecular formula is C14H24N2O4. The Hall–Kier alpha value is -1.43. The Balaban J connectivity index is 3.05. The summed E-state index contributed by atoms with van der Waals surface area (Å²) in [7, 11) is 0. The molecule has 6 heteroatoms. The second-order valence-electron chi connectivity index (χ2n) is 5.29. The fourth-order valence-electron chi connectivity index (χ4n) is 1.73. The first-order chi connectivity index (χ1) is 9.31. The van der Waals surface area contributed by atoms with E-state index in [-0.39, 0.29) is 11.9 Å². The van der Waals surface area contributed by atoms with Crippen LogP contribution in [0.1, 0.15) is 59.7 Å². The summed E-state index contributed by atoms with van der Waals surface area (Å²) in [5.74, 6) is 0.310. The number of ether oxygens (including phenoxy) is 2. The molecule has 0 aliphatic carbocycles. The second kappa shape index (κ2) is 6.35. The van der Waals surface area contributed by atoms with Crippen molar-refractivity contribution in [1.29, 1.82) is 0 Å². The van der Waals surface area contributed by atoms with Gasteiger partial charge in [0, 0.05) is 6.61 Å². The van der Waals surface area contributed by atoms with Gasteiger partial charge in [0.25, 0.3) is 0 Å². The van der Waals surface area contributed by atoms with E-state index in [2.05, 4.69) is 10.1 Å². The maximum absolute atomic E-state index is 11.9. The molecule has 6 nitrogen and oxygen atoms in total. The van der Waals surface area contributed by atoms with Gasteiger partial charge in [-0.05, 0) is 41.0 Å². The average Bonchev–Trinajstić information content (AvgIpc) is 2.90. The van der Waals surface area contributed by atoms with Crippen LogP contribution < -0.4 is 0 Å². The van der Waals surface area contributed by atoms with Crippen molar-refractivity contribution >= 4 is 5.97 Å². The minimum atomic E-state index is -0.970. The fourth-order valence-corrected chi connectivity index (χ4v) is 1.73. The van der Waals surface area contributed by atoms with Gasteiger partial charge in [-0.1, -0.05) is 12.1 Å². The van der Waals surface area contributed by atoms with Gasteiger partial charge >= 0.3 is 5.97 Å². The number of aromatic nitrogens is 2. The van der Waals surface area contributed by atoms with Gasteiger partial charge in [0.15, 0.2) is 0 Å². The molecule has 20 heavy (non-hydrogen) atoms. The first kappa shape index (κ1) is 16.6. The number of nitrogens with zero attached hydrogens (tertiary/aromatic N) is 2. The molecule has 0 N–H and O–H groups in total. The summed E-state index contributed by atoms with van der Waals surface area (Å²) in [5, 5.41) is 3.97. The van der Waals surface area contributed by atoms with E-state index < -0.39 is 11.0 Å². The van der Waals surface area contributed by atoms with Crippen LogP contribution in [-0.2, 0) is 25.3 Å². The minimum absolute atomic E-state index is 0.241. The third-order valence-electron chi connectivity index (χ3n) is 3.36. The van der Waals surface area contributed by atoms with E-state index in [4.69, 9.17) is 14.0 Å². The maximum atomic E-state index is 11.9. The molecule has 1 heterocycles. The number of carbonyl (C=O) groups is 1. The number of carbonyl (C=O) groups excluding carboxylic acids is 1. The molecule has 0 aliphatic heterocycles. The molecule has 0 aromatic carbocycles. The Bertz CT molecular complexity index is 456. The molecule has 1 aromatic heterocycles. The maximum Gasteiger partial charge on any atom is 0.321 e. The molecule has 0 saturated heterocycles. The molecule has 0 aliphatic rings. The van der Waals surface area contributed by atoms with Crippen LogP contribution in [-0.4, -0.2) is 29.3 Å². The Morgan fingerprint density at radius 1 is 1.20 bits per heavy atom. The quantitative estimate of drug-likeness (QED) is 0.716. The summed E-state index contributed by atoms with van der Waals surface area (Å²) in [6.07, 6.45) is 0.708. The molecule has 1 aromatic rings. The smallest absolute Gasteiger partial charge is 0.321 e. The number of hydrogen-bond acceptors (Lipinski definition) is 6. The van der Waals surface area contributed by atoms with Crippen molar-refractivity contribution < 1.29 is 18.8 Å². The van der Waals surface area contributed by atoms with Gasteiger partial charge in [-0.15, -0.1) is 0 Å². The lowest BCUT2D eigenvalue weighted by Crippen LogP contribution is -2.32. The molecule has 0 radical (unpaired) electrons. The van der Waals surface area contributed by atoms with Crippen LogP contribution in [0.5, 0.6) is 0 Å². The third-order valence-corrected chi connectivity index (χ3v) is 3.36. The third kappa shape index (κ3) is 3.17. The first-order valence-corrected chi connectivity index (χ1v) is 6.97. The summed E-state index contributed by atoms with van der Waals surface area (Å²) in [5.41, 5.74) is -1.58. The zero-order valence-corrected chi connectivity index (χ0v) is 13.1. The highest BCUT2D eigenvalue weighted by molar-refractivity contribution is 5.80. The molecule has 0 saturated carbocycles. The van der Waals surface area contributed by atoms with Gasteiger partial charge in [0.2, 0.25) is 11.7 Å². The van der Waals surface area contributed by atoms with E-state index in [0.29, 0.717) is 25.5 Å². The normalized spacial score (nSPS) is 14.9. The largest absolute Gasteiger partial charge is 0.465 e. The molecule has 1 unspecified atom stereocenters. The van der Waals surface area contributed by atoms with E-state index in [0.717, 1.165) is 0 Å². The van der Waals surface area contributed by atoms with E-state index >= 15 is 0 Å². The molecule has 0 amide bonds. The van der Waals surface area contributed by atoms with E-state index in [9.17, 15) is 4.79 Å². The Morgan fingerprint density at radius 2 is 1.85 bits per heavy atom. The Kier molecular flexibility index (Phi) is 5.28. The lowest BCUT2D eigenvalue weighted by molar-refractivity contribution is -0.149. The van der Waals surface area contributed by atoms with Crippen LogP contribution >= 0.6 is 0 Å². The molecule has 0 spiro atoms. The molecule has 1 rings (SSSR count). The van der Waals surface area contributed by atoms with Crippen molar-refractivity contribution in [3.05, 3.63) is 11.7 Å². The second-order valence-corrected chi connectivity index (χ2v) is 5.29. The summed E-state index contributed by atoms with van der Waals surface area (Å²) in [6.45, 7) is 11.8. The van der Waals surface area contributed by atoms with Gasteiger partial charge in [-0.3, -0.25) is 4.79 Å². The summed E-state index contributed by atoms with van der Waals surface area (Å²) in [6, 6.07) is 0. The van der Waals surface area contributed by atoms with Crippen molar-refractivity contribution in [3.63, 3.8) is 0 Å². The van der Waals surface area contributed by atoms with Crippen molar-refractivity contribution in [1.82, 2.24) is 10.1 Å². The van der Waals surface area contributed by atoms with Crippen LogP contribution in [0.15, 0.2) is 4.52 Å². The summed E-state index contributed by atoms with van der Waals surface area (Å²) in [4.78, 5) is 16.3. The fraction of sp³-hybridized carbons (Fsp3) is 0.786. The SMILES string of the molecule is CCOC(=O)C(C)(C)c1nc(C(C)(CC)OCC)no1. The average molecular weight is 284 g/mol. The standard InChI is InChI=1S/C14H24N2O4/c1-7-14(6,19-9-3)10-15-11(20-16-10)13(4,5)12(17)18-8-2/h7-9H2,1-6H3. The highest BCUT2D eigenvalue weighted by Gasteiger charge is 2.40. The Labute approximate surface area is 119 Å². The topological polar surface area (TPSA) is 74.5 Å². The molecule has 114 valence electrons. The number of hydrogen-bond donors (Lipinski definition) is 0. The molecule has 0 bridgehead atoms. The Morgan fingerprint density at radius 3 is 2.35 bits per heavy atom. The van der Waals surface area contributed by atoms with Gasteiger partial charge in [-0.2, -0.15) is 4.98 Å². The monoisotopic (exact) mass is 284 g/mol. The van der Waals surface area contributed by atoms with Crippen molar-refractivity contribution in [3.8, 4) is 0 Å². The first-order valence-electron chi connectivity index (χ1n) is 6.97. The zero-order chi connectivity index (χ0) is 15.4. The molecular weight excluding hydrogens is 260 g/mol. The van der Waals surface area contributed by atoms with Crippen LogP contribution in [0.2, 0.25) is 0 Å². The van der Waals surface area contributed by atoms with Crippen molar-refractivity contribution in [2.24, 2.45) is 0 Å². The van der Waals surface area contributed by atoms with Gasteiger partial charge < -0.3 is 14.0 Å². The van der Waals surface area contributed by atoms with E-state index in [1.54, 1.807) is 20.8 Å².